The molecule has 0 aromatic heterocycles. The van der Waals surface area contributed by atoms with Crippen LogP contribution in [0.1, 0.15) is 5.56 Å². The van der Waals surface area contributed by atoms with Gasteiger partial charge in [0.2, 0.25) is 0 Å². The SMILES string of the molecule is O=C(COc1ccc(Cl)cc1)N=C1SC2CS(=O)(=O)CC2N1Cc1ccc(F)cc1. The van der Waals surface area contributed by atoms with E-state index in [0.717, 1.165) is 5.56 Å². The van der Waals surface area contributed by atoms with Crippen molar-refractivity contribution >= 4 is 44.3 Å². The minimum Gasteiger partial charge on any atom is -0.484 e. The Hall–Kier alpha value is -2.10. The van der Waals surface area contributed by atoms with E-state index in [4.69, 9.17) is 16.3 Å². The highest BCUT2D eigenvalue weighted by Gasteiger charge is 2.48. The fourth-order valence-corrected chi connectivity index (χ4v) is 7.52. The summed E-state index contributed by atoms with van der Waals surface area (Å²) < 4.78 is 42.8. The first kappa shape index (κ1) is 21.1. The molecule has 0 bridgehead atoms. The van der Waals surface area contributed by atoms with E-state index in [1.54, 1.807) is 36.4 Å². The molecule has 2 saturated heterocycles. The van der Waals surface area contributed by atoms with Crippen molar-refractivity contribution in [1.29, 1.82) is 0 Å². The summed E-state index contributed by atoms with van der Waals surface area (Å²) in [7, 11) is -3.14. The van der Waals surface area contributed by atoms with Gasteiger partial charge < -0.3 is 9.64 Å². The number of nitrogens with zero attached hydrogens (tertiary/aromatic N) is 2. The number of fused-ring (bicyclic) bond motifs is 1. The molecule has 0 radical (unpaired) electrons. The van der Waals surface area contributed by atoms with E-state index >= 15 is 0 Å². The van der Waals surface area contributed by atoms with Crippen LogP contribution in [0.25, 0.3) is 0 Å². The highest BCUT2D eigenvalue weighted by molar-refractivity contribution is 8.15. The third-order valence-electron chi connectivity index (χ3n) is 4.84. The molecular weight excluding hydrogens is 451 g/mol. The molecule has 2 aliphatic heterocycles. The molecule has 4 rings (SSSR count). The molecule has 30 heavy (non-hydrogen) atoms. The zero-order valence-corrected chi connectivity index (χ0v) is 18.1. The van der Waals surface area contributed by atoms with Gasteiger partial charge in [0.1, 0.15) is 11.6 Å². The smallest absolute Gasteiger partial charge is 0.285 e. The largest absolute Gasteiger partial charge is 0.484 e. The molecule has 2 aliphatic rings. The minimum atomic E-state index is -3.14. The zero-order chi connectivity index (χ0) is 21.3. The van der Waals surface area contributed by atoms with Crippen LogP contribution in [0.2, 0.25) is 5.02 Å². The Kier molecular flexibility index (Phi) is 6.04. The van der Waals surface area contributed by atoms with Gasteiger partial charge in [-0.2, -0.15) is 4.99 Å². The number of carbonyl (C=O) groups excluding carboxylic acids is 1. The van der Waals surface area contributed by atoms with Crippen molar-refractivity contribution in [2.45, 2.75) is 17.8 Å². The number of ether oxygens (including phenoxy) is 1. The van der Waals surface area contributed by atoms with Gasteiger partial charge in [-0.15, -0.1) is 0 Å². The van der Waals surface area contributed by atoms with Crippen LogP contribution in [-0.4, -0.2) is 53.8 Å². The Labute approximate surface area is 183 Å². The average molecular weight is 469 g/mol. The van der Waals surface area contributed by atoms with Crippen LogP contribution in [0.5, 0.6) is 5.75 Å². The number of rotatable bonds is 5. The van der Waals surface area contributed by atoms with Gasteiger partial charge >= 0.3 is 0 Å². The molecule has 158 valence electrons. The molecule has 0 spiro atoms. The topological polar surface area (TPSA) is 76.0 Å². The molecule has 2 fully saturated rings. The van der Waals surface area contributed by atoms with Gasteiger partial charge in [0.25, 0.3) is 5.91 Å². The summed E-state index contributed by atoms with van der Waals surface area (Å²) in [6.45, 7) is 0.0951. The number of hydrogen-bond donors (Lipinski definition) is 0. The Bertz CT molecular complexity index is 1070. The Morgan fingerprint density at radius 2 is 1.87 bits per heavy atom. The molecule has 0 aliphatic carbocycles. The first-order valence-corrected chi connectivity index (χ1v) is 12.2. The van der Waals surface area contributed by atoms with E-state index in [9.17, 15) is 17.6 Å². The first-order valence-electron chi connectivity index (χ1n) is 9.17. The number of carbonyl (C=O) groups is 1. The van der Waals surface area contributed by atoms with E-state index in [2.05, 4.69) is 4.99 Å². The lowest BCUT2D eigenvalue weighted by molar-refractivity contribution is -0.119. The summed E-state index contributed by atoms with van der Waals surface area (Å²) >= 11 is 7.12. The lowest BCUT2D eigenvalue weighted by Crippen LogP contribution is -2.37. The number of thioether (sulfide) groups is 1. The average Bonchev–Trinajstić information content (AvgIpc) is 3.15. The van der Waals surface area contributed by atoms with E-state index in [0.29, 0.717) is 22.5 Å². The van der Waals surface area contributed by atoms with Crippen molar-refractivity contribution in [2.24, 2.45) is 4.99 Å². The lowest BCUT2D eigenvalue weighted by atomic mass is 10.1. The molecule has 2 aromatic carbocycles. The fraction of sp³-hybridized carbons (Fsp3) is 0.300. The highest BCUT2D eigenvalue weighted by atomic mass is 35.5. The number of hydrogen-bond acceptors (Lipinski definition) is 5. The third kappa shape index (κ3) is 4.96. The molecule has 2 unspecified atom stereocenters. The molecule has 2 heterocycles. The van der Waals surface area contributed by atoms with Crippen LogP contribution in [-0.2, 0) is 21.2 Å². The molecule has 0 N–H and O–H groups in total. The molecule has 2 aromatic rings. The van der Waals surface area contributed by atoms with Crippen LogP contribution in [0.3, 0.4) is 0 Å². The summed E-state index contributed by atoms with van der Waals surface area (Å²) in [6.07, 6.45) is 0. The predicted molar refractivity (Wildman–Crippen MR) is 115 cm³/mol. The maximum absolute atomic E-state index is 13.2. The van der Waals surface area contributed by atoms with E-state index in [1.165, 1.54) is 23.9 Å². The second kappa shape index (κ2) is 8.56. The van der Waals surface area contributed by atoms with Gasteiger partial charge in [0.15, 0.2) is 21.6 Å². The van der Waals surface area contributed by atoms with Crippen LogP contribution in [0.4, 0.5) is 4.39 Å². The Balaban J connectivity index is 1.50. The van der Waals surface area contributed by atoms with Gasteiger partial charge in [-0.05, 0) is 42.0 Å². The van der Waals surface area contributed by atoms with E-state index in [1.807, 2.05) is 4.90 Å². The molecule has 6 nitrogen and oxygen atoms in total. The number of amidine groups is 1. The summed E-state index contributed by atoms with van der Waals surface area (Å²) in [5.41, 5.74) is 0.805. The number of aliphatic imine (C=N–C) groups is 1. The fourth-order valence-electron chi connectivity index (χ4n) is 3.42. The second-order valence-electron chi connectivity index (χ2n) is 7.09. The summed E-state index contributed by atoms with van der Waals surface area (Å²) in [6, 6.07) is 12.3. The lowest BCUT2D eigenvalue weighted by Gasteiger charge is -2.24. The van der Waals surface area contributed by atoms with Gasteiger partial charge in [-0.1, -0.05) is 35.5 Å². The normalized spacial score (nSPS) is 23.5. The molecule has 1 amide bonds. The maximum Gasteiger partial charge on any atom is 0.285 e. The summed E-state index contributed by atoms with van der Waals surface area (Å²) in [4.78, 5) is 18.4. The molecular formula is C20H18ClFN2O4S2. The van der Waals surface area contributed by atoms with Crippen molar-refractivity contribution in [3.8, 4) is 5.75 Å². The van der Waals surface area contributed by atoms with Gasteiger partial charge in [-0.3, -0.25) is 4.79 Å². The van der Waals surface area contributed by atoms with Crippen molar-refractivity contribution in [1.82, 2.24) is 4.90 Å². The van der Waals surface area contributed by atoms with E-state index < -0.39 is 15.7 Å². The predicted octanol–water partition coefficient (Wildman–Crippen LogP) is 3.16. The Morgan fingerprint density at radius 1 is 1.17 bits per heavy atom. The number of benzene rings is 2. The molecule has 0 saturated carbocycles. The van der Waals surface area contributed by atoms with Crippen molar-refractivity contribution in [3.05, 3.63) is 64.9 Å². The molecule has 10 heteroatoms. The first-order chi connectivity index (χ1) is 14.3. The second-order valence-corrected chi connectivity index (χ2v) is 10.9. The number of halogens is 2. The van der Waals surface area contributed by atoms with Crippen LogP contribution in [0.15, 0.2) is 53.5 Å². The van der Waals surface area contributed by atoms with Gasteiger partial charge in [0, 0.05) is 16.8 Å². The van der Waals surface area contributed by atoms with Crippen LogP contribution in [0, 0.1) is 5.82 Å². The standard InChI is InChI=1S/C20H18ClFN2O4S2/c21-14-3-7-16(8-4-14)28-10-19(25)23-20-24(9-13-1-5-15(22)6-2-13)17-11-30(26,27)12-18(17)29-20/h1-8,17-18H,9-12H2. The third-order valence-corrected chi connectivity index (χ3v) is 8.34. The monoisotopic (exact) mass is 468 g/mol. The summed E-state index contributed by atoms with van der Waals surface area (Å²) in [5, 5.41) is 0.849. The van der Waals surface area contributed by atoms with Crippen molar-refractivity contribution in [2.75, 3.05) is 18.1 Å². The van der Waals surface area contributed by atoms with Crippen molar-refractivity contribution < 1.29 is 22.3 Å². The van der Waals surface area contributed by atoms with Crippen LogP contribution >= 0.6 is 23.4 Å². The number of amides is 1. The zero-order valence-electron chi connectivity index (χ0n) is 15.7. The van der Waals surface area contributed by atoms with Gasteiger partial charge in [-0.25, -0.2) is 12.8 Å². The highest BCUT2D eigenvalue weighted by Crippen LogP contribution is 2.39. The Morgan fingerprint density at radius 3 is 2.57 bits per heavy atom. The van der Waals surface area contributed by atoms with Crippen molar-refractivity contribution in [3.63, 3.8) is 0 Å². The van der Waals surface area contributed by atoms with Crippen LogP contribution < -0.4 is 4.74 Å². The minimum absolute atomic E-state index is 0.0142. The quantitative estimate of drug-likeness (QED) is 0.671. The van der Waals surface area contributed by atoms with E-state index in [-0.39, 0.29) is 35.2 Å². The number of sulfone groups is 1. The van der Waals surface area contributed by atoms with Gasteiger partial charge in [0.05, 0.1) is 17.5 Å². The molecule has 2 atom stereocenters. The summed E-state index contributed by atoms with van der Waals surface area (Å²) in [5.74, 6) is -0.256. The maximum atomic E-state index is 13.2.